The number of aromatic nitrogens is 1. The molecule has 2 heterocycles. The van der Waals surface area contributed by atoms with Gasteiger partial charge in [0.05, 0.1) is 0 Å². The standard InChI is InChI=1S/C12H17N3O2S/c13-10(11(16)9-1-3-14-4-2-9)12(17)15-5-7-18-8-6-15/h1-4,10-11,16H,5-8,13H2/t10-,11+/m1/s1. The molecule has 5 nitrogen and oxygen atoms in total. The number of thioether (sulfide) groups is 1. The molecule has 2 rings (SSSR count). The third kappa shape index (κ3) is 3.01. The van der Waals surface area contributed by atoms with Gasteiger partial charge in [0.1, 0.15) is 12.1 Å². The molecule has 1 aliphatic rings. The first-order valence-electron chi connectivity index (χ1n) is 5.90. The van der Waals surface area contributed by atoms with Gasteiger partial charge >= 0.3 is 0 Å². The van der Waals surface area contributed by atoms with Gasteiger partial charge in [-0.25, -0.2) is 0 Å². The molecule has 1 aromatic rings. The molecular weight excluding hydrogens is 250 g/mol. The Hall–Kier alpha value is -1.11. The molecule has 6 heteroatoms. The topological polar surface area (TPSA) is 79.5 Å². The van der Waals surface area contributed by atoms with Gasteiger partial charge in [-0.05, 0) is 17.7 Å². The summed E-state index contributed by atoms with van der Waals surface area (Å²) in [7, 11) is 0. The number of aliphatic hydroxyl groups is 1. The molecule has 1 fully saturated rings. The van der Waals surface area contributed by atoms with Crippen LogP contribution in [0.1, 0.15) is 11.7 Å². The molecule has 1 amide bonds. The lowest BCUT2D eigenvalue weighted by Crippen LogP contribution is -2.49. The van der Waals surface area contributed by atoms with Gasteiger partial charge in [-0.1, -0.05) is 0 Å². The van der Waals surface area contributed by atoms with Crippen molar-refractivity contribution in [1.82, 2.24) is 9.88 Å². The van der Waals surface area contributed by atoms with Gasteiger partial charge < -0.3 is 15.7 Å². The van der Waals surface area contributed by atoms with Gasteiger partial charge in [0.2, 0.25) is 5.91 Å². The summed E-state index contributed by atoms with van der Waals surface area (Å²) < 4.78 is 0. The highest BCUT2D eigenvalue weighted by atomic mass is 32.2. The normalized spacial score (nSPS) is 19.3. The predicted octanol–water partition coefficient (Wildman–Crippen LogP) is 0.0177. The van der Waals surface area contributed by atoms with Crippen LogP contribution in [0, 0.1) is 0 Å². The van der Waals surface area contributed by atoms with Crippen molar-refractivity contribution >= 4 is 17.7 Å². The lowest BCUT2D eigenvalue weighted by molar-refractivity contribution is -0.134. The molecule has 0 radical (unpaired) electrons. The molecule has 0 aromatic carbocycles. The van der Waals surface area contributed by atoms with E-state index < -0.39 is 12.1 Å². The Morgan fingerprint density at radius 2 is 2.00 bits per heavy atom. The van der Waals surface area contributed by atoms with Crippen molar-refractivity contribution < 1.29 is 9.90 Å². The molecule has 98 valence electrons. The second-order valence-electron chi connectivity index (χ2n) is 4.19. The quantitative estimate of drug-likeness (QED) is 0.807. The third-order valence-electron chi connectivity index (χ3n) is 3.00. The van der Waals surface area contributed by atoms with Crippen molar-refractivity contribution in [3.8, 4) is 0 Å². The van der Waals surface area contributed by atoms with E-state index in [2.05, 4.69) is 4.98 Å². The summed E-state index contributed by atoms with van der Waals surface area (Å²) in [5.41, 5.74) is 6.48. The van der Waals surface area contributed by atoms with Gasteiger partial charge in [-0.15, -0.1) is 0 Å². The van der Waals surface area contributed by atoms with E-state index >= 15 is 0 Å². The van der Waals surface area contributed by atoms with Gasteiger partial charge in [0.15, 0.2) is 0 Å². The molecule has 0 saturated carbocycles. The van der Waals surface area contributed by atoms with E-state index in [0.717, 1.165) is 11.5 Å². The van der Waals surface area contributed by atoms with E-state index in [1.807, 2.05) is 11.8 Å². The summed E-state index contributed by atoms with van der Waals surface area (Å²) in [6.45, 7) is 1.42. The SMILES string of the molecule is N[C@@H](C(=O)N1CCSCC1)[C@@H](O)c1ccncc1. The smallest absolute Gasteiger partial charge is 0.242 e. The first kappa shape index (κ1) is 13.3. The monoisotopic (exact) mass is 267 g/mol. The zero-order valence-electron chi connectivity index (χ0n) is 10.0. The van der Waals surface area contributed by atoms with Crippen molar-refractivity contribution in [2.45, 2.75) is 12.1 Å². The molecule has 18 heavy (non-hydrogen) atoms. The van der Waals surface area contributed by atoms with Gasteiger partial charge in [-0.3, -0.25) is 9.78 Å². The number of aliphatic hydroxyl groups excluding tert-OH is 1. The maximum atomic E-state index is 12.1. The highest BCUT2D eigenvalue weighted by Crippen LogP contribution is 2.18. The number of carbonyl (C=O) groups is 1. The summed E-state index contributed by atoms with van der Waals surface area (Å²) in [5.74, 6) is 1.69. The molecule has 2 atom stereocenters. The lowest BCUT2D eigenvalue weighted by Gasteiger charge is -2.30. The average Bonchev–Trinajstić information content (AvgIpc) is 2.47. The maximum Gasteiger partial charge on any atom is 0.242 e. The highest BCUT2D eigenvalue weighted by molar-refractivity contribution is 7.99. The Morgan fingerprint density at radius 1 is 1.39 bits per heavy atom. The Bertz CT molecular complexity index is 396. The fourth-order valence-electron chi connectivity index (χ4n) is 1.90. The van der Waals surface area contributed by atoms with E-state index in [4.69, 9.17) is 5.73 Å². The first-order chi connectivity index (χ1) is 8.70. The number of hydrogen-bond donors (Lipinski definition) is 2. The molecular formula is C12H17N3O2S. The summed E-state index contributed by atoms with van der Waals surface area (Å²) in [5, 5.41) is 10.1. The van der Waals surface area contributed by atoms with E-state index in [9.17, 15) is 9.90 Å². The molecule has 1 saturated heterocycles. The van der Waals surface area contributed by atoms with Crippen LogP contribution in [-0.4, -0.2) is 51.5 Å². The van der Waals surface area contributed by atoms with Gasteiger partial charge in [-0.2, -0.15) is 11.8 Å². The Labute approximate surface area is 110 Å². The number of rotatable bonds is 3. The van der Waals surface area contributed by atoms with Crippen LogP contribution in [0.15, 0.2) is 24.5 Å². The van der Waals surface area contributed by atoms with Crippen molar-refractivity contribution in [3.63, 3.8) is 0 Å². The Balaban J connectivity index is 2.01. The minimum absolute atomic E-state index is 0.181. The Kier molecular flexibility index (Phi) is 4.57. The summed E-state index contributed by atoms with van der Waals surface area (Å²) >= 11 is 1.83. The van der Waals surface area contributed by atoms with Crippen molar-refractivity contribution in [1.29, 1.82) is 0 Å². The highest BCUT2D eigenvalue weighted by Gasteiger charge is 2.29. The molecule has 0 bridgehead atoms. The van der Waals surface area contributed by atoms with E-state index in [0.29, 0.717) is 18.7 Å². The zero-order valence-corrected chi connectivity index (χ0v) is 10.8. The number of amides is 1. The number of nitrogens with two attached hydrogens (primary N) is 1. The average molecular weight is 267 g/mol. The minimum atomic E-state index is -0.977. The van der Waals surface area contributed by atoms with Crippen LogP contribution in [0.3, 0.4) is 0 Å². The lowest BCUT2D eigenvalue weighted by atomic mass is 10.0. The number of pyridine rings is 1. The zero-order chi connectivity index (χ0) is 13.0. The molecule has 3 N–H and O–H groups in total. The fraction of sp³-hybridized carbons (Fsp3) is 0.500. The van der Waals surface area contributed by atoms with Crippen molar-refractivity contribution in [3.05, 3.63) is 30.1 Å². The fourth-order valence-corrected chi connectivity index (χ4v) is 2.80. The molecule has 0 spiro atoms. The number of hydrogen-bond acceptors (Lipinski definition) is 5. The second kappa shape index (κ2) is 6.17. The van der Waals surface area contributed by atoms with Crippen LogP contribution in [0.25, 0.3) is 0 Å². The minimum Gasteiger partial charge on any atom is -0.386 e. The Morgan fingerprint density at radius 3 is 2.61 bits per heavy atom. The molecule has 0 aliphatic carbocycles. The largest absolute Gasteiger partial charge is 0.386 e. The van der Waals surface area contributed by atoms with Crippen LogP contribution in [0.4, 0.5) is 0 Å². The van der Waals surface area contributed by atoms with Crippen molar-refractivity contribution in [2.75, 3.05) is 24.6 Å². The summed E-state index contributed by atoms with van der Waals surface area (Å²) in [6.07, 6.45) is 2.18. The summed E-state index contributed by atoms with van der Waals surface area (Å²) in [4.78, 5) is 17.7. The van der Waals surface area contributed by atoms with Crippen LogP contribution in [0.2, 0.25) is 0 Å². The van der Waals surface area contributed by atoms with Crippen LogP contribution in [-0.2, 0) is 4.79 Å². The maximum absolute atomic E-state index is 12.1. The first-order valence-corrected chi connectivity index (χ1v) is 7.05. The predicted molar refractivity (Wildman–Crippen MR) is 71.1 cm³/mol. The van der Waals surface area contributed by atoms with Crippen LogP contribution < -0.4 is 5.73 Å². The molecule has 0 unspecified atom stereocenters. The van der Waals surface area contributed by atoms with Gasteiger partial charge in [0, 0.05) is 37.0 Å². The van der Waals surface area contributed by atoms with E-state index in [-0.39, 0.29) is 5.91 Å². The number of carbonyl (C=O) groups excluding carboxylic acids is 1. The van der Waals surface area contributed by atoms with Gasteiger partial charge in [0.25, 0.3) is 0 Å². The number of nitrogens with zero attached hydrogens (tertiary/aromatic N) is 2. The third-order valence-corrected chi connectivity index (χ3v) is 3.94. The van der Waals surface area contributed by atoms with Crippen LogP contribution in [0.5, 0.6) is 0 Å². The van der Waals surface area contributed by atoms with E-state index in [1.165, 1.54) is 0 Å². The molecule has 1 aromatic heterocycles. The molecule has 1 aliphatic heterocycles. The van der Waals surface area contributed by atoms with E-state index in [1.54, 1.807) is 29.4 Å². The van der Waals surface area contributed by atoms with Crippen molar-refractivity contribution in [2.24, 2.45) is 5.73 Å². The van der Waals surface area contributed by atoms with Crippen LogP contribution >= 0.6 is 11.8 Å². The second-order valence-corrected chi connectivity index (χ2v) is 5.41. The summed E-state index contributed by atoms with van der Waals surface area (Å²) in [6, 6.07) is 2.43.